The van der Waals surface area contributed by atoms with Crippen molar-refractivity contribution in [2.45, 2.75) is 19.4 Å². The number of nitrogens with zero attached hydrogens (tertiary/aromatic N) is 1. The highest BCUT2D eigenvalue weighted by atomic mass is 16.7. The molecule has 0 unspecified atom stereocenters. The van der Waals surface area contributed by atoms with Crippen LogP contribution in [-0.4, -0.2) is 30.8 Å². The predicted molar refractivity (Wildman–Crippen MR) is 93.2 cm³/mol. The molecule has 4 rings (SSSR count). The molecule has 2 aromatic carbocycles. The van der Waals surface area contributed by atoms with Gasteiger partial charge in [-0.1, -0.05) is 12.1 Å². The molecule has 0 bridgehead atoms. The minimum absolute atomic E-state index is 0.0358. The van der Waals surface area contributed by atoms with Crippen molar-refractivity contribution < 1.29 is 19.0 Å². The molecule has 0 aliphatic carbocycles. The van der Waals surface area contributed by atoms with E-state index in [1.807, 2.05) is 47.4 Å². The van der Waals surface area contributed by atoms with Gasteiger partial charge >= 0.3 is 6.03 Å². The number of rotatable bonds is 4. The summed E-state index contributed by atoms with van der Waals surface area (Å²) in [7, 11) is 0. The van der Waals surface area contributed by atoms with E-state index >= 15 is 0 Å². The number of nitrogens with one attached hydrogen (secondary N) is 1. The van der Waals surface area contributed by atoms with Crippen molar-refractivity contribution >= 4 is 11.7 Å². The van der Waals surface area contributed by atoms with Gasteiger partial charge in [-0.05, 0) is 42.7 Å². The highest BCUT2D eigenvalue weighted by molar-refractivity contribution is 5.89. The number of benzene rings is 2. The van der Waals surface area contributed by atoms with E-state index in [2.05, 4.69) is 5.32 Å². The van der Waals surface area contributed by atoms with E-state index in [0.717, 1.165) is 48.7 Å². The van der Waals surface area contributed by atoms with Gasteiger partial charge in [0, 0.05) is 24.8 Å². The maximum absolute atomic E-state index is 12.2. The minimum atomic E-state index is -0.0358. The molecular weight excluding hydrogens is 320 g/mol. The molecule has 25 heavy (non-hydrogen) atoms. The van der Waals surface area contributed by atoms with Gasteiger partial charge in [-0.3, -0.25) is 0 Å². The molecule has 1 N–H and O–H groups in total. The van der Waals surface area contributed by atoms with Crippen molar-refractivity contribution in [2.24, 2.45) is 0 Å². The van der Waals surface area contributed by atoms with E-state index in [-0.39, 0.29) is 12.8 Å². The monoisotopic (exact) mass is 340 g/mol. The van der Waals surface area contributed by atoms with Gasteiger partial charge in [0.25, 0.3) is 0 Å². The van der Waals surface area contributed by atoms with Gasteiger partial charge in [-0.25, -0.2) is 4.79 Å². The van der Waals surface area contributed by atoms with Crippen LogP contribution in [-0.2, 0) is 6.61 Å². The van der Waals surface area contributed by atoms with Crippen LogP contribution in [0.4, 0.5) is 10.5 Å². The van der Waals surface area contributed by atoms with E-state index < -0.39 is 0 Å². The fraction of sp³-hybridized carbons (Fsp3) is 0.316. The number of likely N-dealkylation sites (tertiary alicyclic amines) is 1. The third-order valence-electron chi connectivity index (χ3n) is 4.32. The molecule has 0 aromatic heterocycles. The Morgan fingerprint density at radius 2 is 1.92 bits per heavy atom. The Hall–Kier alpha value is -2.89. The lowest BCUT2D eigenvalue weighted by Crippen LogP contribution is -2.32. The Balaban J connectivity index is 1.37. The molecule has 1 fully saturated rings. The first-order valence-corrected chi connectivity index (χ1v) is 8.45. The van der Waals surface area contributed by atoms with E-state index in [9.17, 15) is 4.79 Å². The summed E-state index contributed by atoms with van der Waals surface area (Å²) >= 11 is 0. The Kier molecular flexibility index (Phi) is 4.33. The lowest BCUT2D eigenvalue weighted by molar-refractivity contribution is 0.173. The fourth-order valence-electron chi connectivity index (χ4n) is 2.99. The van der Waals surface area contributed by atoms with Crippen LogP contribution in [0.3, 0.4) is 0 Å². The zero-order valence-electron chi connectivity index (χ0n) is 13.9. The Labute approximate surface area is 146 Å². The van der Waals surface area contributed by atoms with Crippen molar-refractivity contribution in [2.75, 3.05) is 25.2 Å². The number of carbonyl (C=O) groups excluding carboxylic acids is 1. The number of anilines is 1. The second-order valence-electron chi connectivity index (χ2n) is 6.13. The molecule has 2 amide bonds. The molecule has 6 heteroatoms. The summed E-state index contributed by atoms with van der Waals surface area (Å²) in [4.78, 5) is 14.0. The molecule has 2 heterocycles. The van der Waals surface area contributed by atoms with Gasteiger partial charge in [0.2, 0.25) is 6.79 Å². The van der Waals surface area contributed by atoms with E-state index in [1.165, 1.54) is 0 Å². The quantitative estimate of drug-likeness (QED) is 0.923. The summed E-state index contributed by atoms with van der Waals surface area (Å²) in [5.41, 5.74) is 1.76. The fourth-order valence-corrected chi connectivity index (χ4v) is 2.99. The van der Waals surface area contributed by atoms with Crippen molar-refractivity contribution in [3.05, 3.63) is 48.0 Å². The maximum atomic E-state index is 12.2. The second-order valence-corrected chi connectivity index (χ2v) is 6.13. The summed E-state index contributed by atoms with van der Waals surface area (Å²) in [6.45, 7) is 2.32. The Bertz CT molecular complexity index is 772. The number of ether oxygens (including phenoxy) is 3. The van der Waals surface area contributed by atoms with E-state index in [1.54, 1.807) is 0 Å². The minimum Gasteiger partial charge on any atom is -0.489 e. The van der Waals surface area contributed by atoms with Gasteiger partial charge in [0.1, 0.15) is 12.4 Å². The molecular formula is C19H20N2O4. The van der Waals surface area contributed by atoms with Gasteiger partial charge in [0.15, 0.2) is 11.5 Å². The third-order valence-corrected chi connectivity index (χ3v) is 4.32. The van der Waals surface area contributed by atoms with Crippen LogP contribution in [0.5, 0.6) is 17.2 Å². The molecule has 130 valence electrons. The average molecular weight is 340 g/mol. The number of carbonyl (C=O) groups is 1. The molecule has 0 saturated carbocycles. The van der Waals surface area contributed by atoms with Gasteiger partial charge < -0.3 is 24.4 Å². The smallest absolute Gasteiger partial charge is 0.321 e. The van der Waals surface area contributed by atoms with Crippen LogP contribution in [0.15, 0.2) is 42.5 Å². The van der Waals surface area contributed by atoms with Crippen molar-refractivity contribution in [3.63, 3.8) is 0 Å². The van der Waals surface area contributed by atoms with Gasteiger partial charge in [-0.2, -0.15) is 0 Å². The predicted octanol–water partition coefficient (Wildman–Crippen LogP) is 3.62. The lowest BCUT2D eigenvalue weighted by Gasteiger charge is -2.16. The molecule has 2 aromatic rings. The summed E-state index contributed by atoms with van der Waals surface area (Å²) in [6, 6.07) is 13.2. The van der Waals surface area contributed by atoms with Gasteiger partial charge in [0.05, 0.1) is 0 Å². The van der Waals surface area contributed by atoms with Crippen LogP contribution >= 0.6 is 0 Å². The second kappa shape index (κ2) is 6.93. The van der Waals surface area contributed by atoms with E-state index in [0.29, 0.717) is 12.4 Å². The third kappa shape index (κ3) is 3.63. The average Bonchev–Trinajstić information content (AvgIpc) is 3.31. The maximum Gasteiger partial charge on any atom is 0.321 e. The number of hydrogen-bond donors (Lipinski definition) is 1. The standard InChI is InChI=1S/C19H20N2O4/c22-19(21-8-1-2-9-21)20-15-5-3-4-14(10-15)12-23-16-6-7-17-18(11-16)25-13-24-17/h3-7,10-11H,1-2,8-9,12-13H2,(H,20,22). The highest BCUT2D eigenvalue weighted by Gasteiger charge is 2.18. The largest absolute Gasteiger partial charge is 0.489 e. The van der Waals surface area contributed by atoms with E-state index in [4.69, 9.17) is 14.2 Å². The van der Waals surface area contributed by atoms with Crippen LogP contribution in [0, 0.1) is 0 Å². The Morgan fingerprint density at radius 1 is 1.08 bits per heavy atom. The molecule has 2 aliphatic rings. The van der Waals surface area contributed by atoms with Crippen LogP contribution in [0.25, 0.3) is 0 Å². The van der Waals surface area contributed by atoms with Crippen molar-refractivity contribution in [1.29, 1.82) is 0 Å². The van der Waals surface area contributed by atoms with Crippen molar-refractivity contribution in [3.8, 4) is 17.2 Å². The van der Waals surface area contributed by atoms with Gasteiger partial charge in [-0.15, -0.1) is 0 Å². The molecule has 0 radical (unpaired) electrons. The number of hydrogen-bond acceptors (Lipinski definition) is 4. The summed E-state index contributed by atoms with van der Waals surface area (Å²) in [5, 5.41) is 2.95. The molecule has 0 spiro atoms. The first-order chi connectivity index (χ1) is 12.3. The first kappa shape index (κ1) is 15.6. The number of fused-ring (bicyclic) bond motifs is 1. The highest BCUT2D eigenvalue weighted by Crippen LogP contribution is 2.35. The van der Waals surface area contributed by atoms with Crippen molar-refractivity contribution in [1.82, 2.24) is 4.90 Å². The van der Waals surface area contributed by atoms with Crippen LogP contribution in [0.1, 0.15) is 18.4 Å². The SMILES string of the molecule is O=C(Nc1cccc(COc2ccc3c(c2)OCO3)c1)N1CCCC1. The molecule has 2 aliphatic heterocycles. The first-order valence-electron chi connectivity index (χ1n) is 8.45. The summed E-state index contributed by atoms with van der Waals surface area (Å²) in [6.07, 6.45) is 2.16. The summed E-state index contributed by atoms with van der Waals surface area (Å²) in [5.74, 6) is 2.15. The zero-order valence-corrected chi connectivity index (χ0v) is 13.9. The molecule has 6 nitrogen and oxygen atoms in total. The summed E-state index contributed by atoms with van der Waals surface area (Å²) < 4.78 is 16.5. The zero-order chi connectivity index (χ0) is 17.1. The van der Waals surface area contributed by atoms with Crippen LogP contribution < -0.4 is 19.5 Å². The number of amides is 2. The van der Waals surface area contributed by atoms with Crippen LogP contribution in [0.2, 0.25) is 0 Å². The normalized spacial score (nSPS) is 15.3. The number of urea groups is 1. The Morgan fingerprint density at radius 3 is 2.80 bits per heavy atom. The topological polar surface area (TPSA) is 60.0 Å². The lowest BCUT2D eigenvalue weighted by atomic mass is 10.2. The molecule has 0 atom stereocenters. The molecule has 1 saturated heterocycles.